The predicted octanol–water partition coefficient (Wildman–Crippen LogP) is 3.55. The fraction of sp³-hybridized carbons (Fsp3) is 0.188. The molecule has 0 saturated heterocycles. The Morgan fingerprint density at radius 3 is 2.52 bits per heavy atom. The van der Waals surface area contributed by atoms with Gasteiger partial charge in [0.15, 0.2) is 0 Å². The lowest BCUT2D eigenvalue weighted by atomic mass is 10.3. The molecule has 1 N–H and O–H groups in total. The molecule has 1 aromatic carbocycles. The molecule has 2 heterocycles. The normalized spacial score (nSPS) is 12.5. The number of hydrogen-bond acceptors (Lipinski definition) is 4. The maximum absolute atomic E-state index is 12.8. The van der Waals surface area contributed by atoms with Gasteiger partial charge in [-0.2, -0.15) is 13.2 Å². The average molecular weight is 369 g/mol. The number of nitrogens with one attached hydrogen (secondary N) is 1. The van der Waals surface area contributed by atoms with E-state index in [9.17, 15) is 21.6 Å². The molecule has 0 unspecified atom stereocenters. The monoisotopic (exact) mass is 369 g/mol. The Morgan fingerprint density at radius 2 is 1.84 bits per heavy atom. The highest BCUT2D eigenvalue weighted by Gasteiger charge is 2.47. The van der Waals surface area contributed by atoms with Crippen LogP contribution in [0.25, 0.3) is 5.65 Å². The van der Waals surface area contributed by atoms with Gasteiger partial charge in [0.25, 0.3) is 9.84 Å². The van der Waals surface area contributed by atoms with Crippen LogP contribution in [0.4, 0.5) is 18.9 Å². The number of hydrogen-bond donors (Lipinski definition) is 1. The third-order valence-corrected chi connectivity index (χ3v) is 5.23. The second kappa shape index (κ2) is 6.07. The molecule has 2 aromatic heterocycles. The highest BCUT2D eigenvalue weighted by molar-refractivity contribution is 7.92. The summed E-state index contributed by atoms with van der Waals surface area (Å²) in [5.74, 6) is 0. The second-order valence-corrected chi connectivity index (χ2v) is 7.34. The predicted molar refractivity (Wildman–Crippen MR) is 86.9 cm³/mol. The molecule has 0 radical (unpaired) electrons. The lowest BCUT2D eigenvalue weighted by Gasteiger charge is -2.13. The summed E-state index contributed by atoms with van der Waals surface area (Å²) in [5, 5.41) is 2.73. The fourth-order valence-electron chi connectivity index (χ4n) is 2.44. The van der Waals surface area contributed by atoms with E-state index in [0.29, 0.717) is 11.3 Å². The summed E-state index contributed by atoms with van der Waals surface area (Å²) >= 11 is 0. The van der Waals surface area contributed by atoms with Crippen LogP contribution in [0, 0.1) is 6.92 Å². The topological polar surface area (TPSA) is 63.5 Å². The van der Waals surface area contributed by atoms with E-state index in [1.165, 1.54) is 18.2 Å². The number of nitrogens with zero attached hydrogens (tertiary/aromatic N) is 2. The van der Waals surface area contributed by atoms with Gasteiger partial charge in [-0.25, -0.2) is 13.4 Å². The van der Waals surface area contributed by atoms with Crippen LogP contribution in [0.2, 0.25) is 0 Å². The summed E-state index contributed by atoms with van der Waals surface area (Å²) in [6.07, 6.45) is 1.75. The highest BCUT2D eigenvalue weighted by atomic mass is 32.2. The molecule has 132 valence electrons. The van der Waals surface area contributed by atoms with Crippen LogP contribution in [-0.4, -0.2) is 23.3 Å². The van der Waals surface area contributed by atoms with Crippen molar-refractivity contribution in [1.82, 2.24) is 9.38 Å². The third-order valence-electron chi connectivity index (χ3n) is 3.69. The summed E-state index contributed by atoms with van der Waals surface area (Å²) in [5.41, 5.74) is -3.24. The van der Waals surface area contributed by atoms with Crippen LogP contribution in [0.3, 0.4) is 0 Å². The number of imidazole rings is 1. The lowest BCUT2D eigenvalue weighted by Crippen LogP contribution is -2.24. The second-order valence-electron chi connectivity index (χ2n) is 5.43. The van der Waals surface area contributed by atoms with E-state index in [2.05, 4.69) is 10.3 Å². The van der Waals surface area contributed by atoms with E-state index in [1.54, 1.807) is 12.3 Å². The van der Waals surface area contributed by atoms with Crippen molar-refractivity contribution in [2.24, 2.45) is 0 Å². The Hall–Kier alpha value is -2.55. The van der Waals surface area contributed by atoms with E-state index in [0.717, 1.165) is 11.8 Å². The summed E-state index contributed by atoms with van der Waals surface area (Å²) in [6.45, 7) is 1.99. The molecule has 0 aliphatic rings. The smallest absolute Gasteiger partial charge is 0.378 e. The molecule has 0 fully saturated rings. The molecule has 25 heavy (non-hydrogen) atoms. The van der Waals surface area contributed by atoms with Gasteiger partial charge in [0.2, 0.25) is 0 Å². The van der Waals surface area contributed by atoms with Gasteiger partial charge < -0.3 is 9.72 Å². The molecule has 0 aliphatic carbocycles. The van der Waals surface area contributed by atoms with E-state index >= 15 is 0 Å². The number of pyridine rings is 1. The molecule has 9 heteroatoms. The molecule has 0 atom stereocenters. The molecule has 3 aromatic rings. The van der Waals surface area contributed by atoms with Crippen molar-refractivity contribution in [3.05, 3.63) is 60.0 Å². The van der Waals surface area contributed by atoms with Crippen LogP contribution in [0.5, 0.6) is 0 Å². The Morgan fingerprint density at radius 1 is 1.12 bits per heavy atom. The molecule has 3 rings (SSSR count). The Kier molecular flexibility index (Phi) is 4.19. The molecule has 0 spiro atoms. The number of benzene rings is 1. The van der Waals surface area contributed by atoms with Crippen molar-refractivity contribution in [2.45, 2.75) is 23.9 Å². The van der Waals surface area contributed by atoms with Gasteiger partial charge in [-0.15, -0.1) is 0 Å². The molecule has 0 amide bonds. The van der Waals surface area contributed by atoms with E-state index < -0.39 is 20.2 Å². The minimum absolute atomic E-state index is 0.0888. The first-order valence-corrected chi connectivity index (χ1v) is 8.76. The van der Waals surface area contributed by atoms with Crippen molar-refractivity contribution in [2.75, 3.05) is 5.32 Å². The van der Waals surface area contributed by atoms with E-state index in [1.807, 2.05) is 23.5 Å². The number of rotatable bonds is 4. The number of fused-ring (bicyclic) bond motifs is 1. The Balaban J connectivity index is 1.90. The van der Waals surface area contributed by atoms with Crippen molar-refractivity contribution >= 4 is 21.2 Å². The minimum Gasteiger partial charge on any atom is -0.378 e. The zero-order chi connectivity index (χ0) is 18.2. The van der Waals surface area contributed by atoms with Crippen molar-refractivity contribution < 1.29 is 21.6 Å². The molecule has 0 aliphatic heterocycles. The van der Waals surface area contributed by atoms with Crippen LogP contribution in [-0.2, 0) is 16.4 Å². The molecule has 0 saturated carbocycles. The number of para-hydroxylation sites is 1. The fourth-order valence-corrected chi connectivity index (χ4v) is 3.38. The zero-order valence-corrected chi connectivity index (χ0v) is 13.9. The van der Waals surface area contributed by atoms with E-state index in [-0.39, 0.29) is 12.2 Å². The number of aromatic nitrogens is 2. The van der Waals surface area contributed by atoms with Gasteiger partial charge in [-0.05, 0) is 31.2 Å². The van der Waals surface area contributed by atoms with Crippen LogP contribution in [0.15, 0.2) is 53.6 Å². The van der Waals surface area contributed by atoms with Gasteiger partial charge in [0.05, 0.1) is 22.8 Å². The average Bonchev–Trinajstić information content (AvgIpc) is 2.97. The van der Waals surface area contributed by atoms with Crippen molar-refractivity contribution in [1.29, 1.82) is 0 Å². The number of anilines is 1. The Bertz CT molecular complexity index is 1030. The minimum atomic E-state index is -5.43. The standard InChI is InChI=1S/C16H14F3N3O2S/c1-11-5-4-8-15-21-12(10-22(11)15)9-20-13-6-2-3-7-14(13)25(23,24)16(17,18)19/h2-8,10,20H,9H2,1H3. The van der Waals surface area contributed by atoms with Gasteiger partial charge in [0, 0.05) is 11.9 Å². The first kappa shape index (κ1) is 17.3. The van der Waals surface area contributed by atoms with Crippen LogP contribution < -0.4 is 5.32 Å². The van der Waals surface area contributed by atoms with Crippen molar-refractivity contribution in [3.8, 4) is 0 Å². The number of sulfone groups is 1. The summed E-state index contributed by atoms with van der Waals surface area (Å²) < 4.78 is 63.7. The summed E-state index contributed by atoms with van der Waals surface area (Å²) in [6, 6.07) is 10.5. The van der Waals surface area contributed by atoms with Gasteiger partial charge in [-0.1, -0.05) is 18.2 Å². The quantitative estimate of drug-likeness (QED) is 0.764. The maximum Gasteiger partial charge on any atom is 0.501 e. The maximum atomic E-state index is 12.8. The molecular weight excluding hydrogens is 355 g/mol. The molecule has 5 nitrogen and oxygen atoms in total. The number of aryl methyl sites for hydroxylation is 1. The largest absolute Gasteiger partial charge is 0.501 e. The first-order chi connectivity index (χ1) is 11.7. The molecule has 0 bridgehead atoms. The Labute approximate surface area is 142 Å². The van der Waals surface area contributed by atoms with Gasteiger partial charge in [-0.3, -0.25) is 0 Å². The van der Waals surface area contributed by atoms with Crippen LogP contribution in [0.1, 0.15) is 11.4 Å². The zero-order valence-electron chi connectivity index (χ0n) is 13.1. The van der Waals surface area contributed by atoms with E-state index in [4.69, 9.17) is 0 Å². The SMILES string of the molecule is Cc1cccc2nc(CNc3ccccc3S(=O)(=O)C(F)(F)F)cn12. The number of alkyl halides is 3. The molecular formula is C16H14F3N3O2S. The first-order valence-electron chi connectivity index (χ1n) is 7.28. The van der Waals surface area contributed by atoms with Gasteiger partial charge in [0.1, 0.15) is 5.65 Å². The van der Waals surface area contributed by atoms with Crippen molar-refractivity contribution in [3.63, 3.8) is 0 Å². The van der Waals surface area contributed by atoms with Crippen LogP contribution >= 0.6 is 0 Å². The summed E-state index contributed by atoms with van der Waals surface area (Å²) in [7, 11) is -5.43. The van der Waals surface area contributed by atoms with Gasteiger partial charge >= 0.3 is 5.51 Å². The lowest BCUT2D eigenvalue weighted by molar-refractivity contribution is -0.0435. The number of halogens is 3. The third kappa shape index (κ3) is 3.19. The highest BCUT2D eigenvalue weighted by Crippen LogP contribution is 2.34. The summed E-state index contributed by atoms with van der Waals surface area (Å²) in [4.78, 5) is 3.55.